The van der Waals surface area contributed by atoms with E-state index in [1.54, 1.807) is 44.3 Å². The molecule has 4 N–H and O–H groups in total. The Morgan fingerprint density at radius 1 is 1.10 bits per heavy atom. The minimum Gasteiger partial charge on any atom is -0.465 e. The first-order chi connectivity index (χ1) is 13.9. The van der Waals surface area contributed by atoms with Crippen LogP contribution in [0.25, 0.3) is 21.9 Å². The molecule has 1 aromatic carbocycles. The second kappa shape index (κ2) is 8.51. The third-order valence-corrected chi connectivity index (χ3v) is 4.43. The fraction of sp³-hybridized carbons (Fsp3) is 0.200. The van der Waals surface area contributed by atoms with Crippen molar-refractivity contribution in [1.82, 2.24) is 20.6 Å². The van der Waals surface area contributed by atoms with Gasteiger partial charge in [-0.15, -0.1) is 0 Å². The number of fused-ring (bicyclic) bond motifs is 1. The van der Waals surface area contributed by atoms with Crippen LogP contribution in [-0.4, -0.2) is 33.7 Å². The molecule has 0 bridgehead atoms. The molecule has 8 nitrogen and oxygen atoms in total. The number of benzene rings is 1. The molecule has 9 heteroatoms. The molecule has 0 aliphatic rings. The summed E-state index contributed by atoms with van der Waals surface area (Å²) < 4.78 is 14.0. The lowest BCUT2D eigenvalue weighted by atomic mass is 9.94. The molecular formula is C20H20FN5O3. The zero-order chi connectivity index (χ0) is 21.0. The smallest absolute Gasteiger partial charge is 0.404 e. The highest BCUT2D eigenvalue weighted by molar-refractivity contribution is 6.01. The van der Waals surface area contributed by atoms with Crippen molar-refractivity contribution >= 4 is 28.7 Å². The van der Waals surface area contributed by atoms with E-state index in [0.717, 1.165) is 5.56 Å². The van der Waals surface area contributed by atoms with Crippen LogP contribution in [0.1, 0.15) is 18.1 Å². The van der Waals surface area contributed by atoms with Gasteiger partial charge in [0.1, 0.15) is 5.82 Å². The van der Waals surface area contributed by atoms with Gasteiger partial charge in [0, 0.05) is 36.4 Å². The Kier molecular flexibility index (Phi) is 5.87. The lowest BCUT2D eigenvalue weighted by molar-refractivity contribution is 0.194. The number of carbonyl (C=O) groups excluding carboxylic acids is 1. The number of halogens is 1. The molecule has 150 valence electrons. The van der Waals surface area contributed by atoms with E-state index in [0.29, 0.717) is 39.8 Å². The molecule has 0 atom stereocenters. The summed E-state index contributed by atoms with van der Waals surface area (Å²) in [5.41, 5.74) is 2.46. The summed E-state index contributed by atoms with van der Waals surface area (Å²) in [4.78, 5) is 30.7. The second-order valence-corrected chi connectivity index (χ2v) is 6.30. The highest BCUT2D eigenvalue weighted by Gasteiger charge is 2.14. The van der Waals surface area contributed by atoms with Crippen LogP contribution in [0.2, 0.25) is 0 Å². The Morgan fingerprint density at radius 3 is 2.62 bits per heavy atom. The van der Waals surface area contributed by atoms with Gasteiger partial charge in [-0.3, -0.25) is 5.32 Å². The first-order valence-electron chi connectivity index (χ1n) is 8.95. The molecule has 0 unspecified atom stereocenters. The number of amides is 3. The summed E-state index contributed by atoms with van der Waals surface area (Å²) in [6.45, 7) is 3.98. The molecule has 0 fully saturated rings. The Hall–Kier alpha value is -3.75. The van der Waals surface area contributed by atoms with Gasteiger partial charge in [0.25, 0.3) is 0 Å². The number of aromatic nitrogens is 2. The summed E-state index contributed by atoms with van der Waals surface area (Å²) in [7, 11) is 0. The molecule has 0 radical (unpaired) electrons. The van der Waals surface area contributed by atoms with Gasteiger partial charge in [-0.2, -0.15) is 4.39 Å². The van der Waals surface area contributed by atoms with Gasteiger partial charge in [0.2, 0.25) is 5.95 Å². The Morgan fingerprint density at radius 2 is 1.90 bits per heavy atom. The Balaban J connectivity index is 2.16. The standard InChI is InChI=1S/C20H20FN5O3/c1-3-22-19(27)26-17-8-15-14(13-6-7-23-18(21)11(13)2)5-4-12(9-25-20(28)29)16(15)10-24-17/h4-8,10,25H,3,9H2,1-2H3,(H,28,29)(H2,22,24,26,27). The van der Waals surface area contributed by atoms with E-state index in [1.165, 1.54) is 6.20 Å². The number of pyridine rings is 2. The molecule has 0 saturated carbocycles. The number of carbonyl (C=O) groups is 2. The van der Waals surface area contributed by atoms with Crippen molar-refractivity contribution in [3.05, 3.63) is 53.7 Å². The molecule has 3 amide bonds. The van der Waals surface area contributed by atoms with Crippen LogP contribution >= 0.6 is 0 Å². The topological polar surface area (TPSA) is 116 Å². The van der Waals surface area contributed by atoms with Gasteiger partial charge in [0.15, 0.2) is 0 Å². The molecule has 0 saturated heterocycles. The monoisotopic (exact) mass is 397 g/mol. The number of rotatable bonds is 5. The number of urea groups is 1. The maximum atomic E-state index is 14.0. The van der Waals surface area contributed by atoms with Crippen LogP contribution in [-0.2, 0) is 6.54 Å². The van der Waals surface area contributed by atoms with E-state index < -0.39 is 18.1 Å². The average Bonchev–Trinajstić information content (AvgIpc) is 2.68. The highest BCUT2D eigenvalue weighted by atomic mass is 19.1. The zero-order valence-electron chi connectivity index (χ0n) is 15.9. The number of nitrogens with one attached hydrogen (secondary N) is 3. The van der Waals surface area contributed by atoms with Crippen molar-refractivity contribution in [2.24, 2.45) is 0 Å². The molecule has 2 aromatic heterocycles. The number of hydrogen-bond donors (Lipinski definition) is 4. The van der Waals surface area contributed by atoms with Crippen molar-refractivity contribution < 1.29 is 19.1 Å². The molecule has 2 heterocycles. The minimum absolute atomic E-state index is 0.0839. The van der Waals surface area contributed by atoms with E-state index in [2.05, 4.69) is 25.9 Å². The van der Waals surface area contributed by atoms with Crippen molar-refractivity contribution in [3.8, 4) is 11.1 Å². The van der Waals surface area contributed by atoms with Gasteiger partial charge >= 0.3 is 12.1 Å². The second-order valence-electron chi connectivity index (χ2n) is 6.30. The number of nitrogens with zero attached hydrogens (tertiary/aromatic N) is 2. The van der Waals surface area contributed by atoms with Crippen molar-refractivity contribution in [2.45, 2.75) is 20.4 Å². The van der Waals surface area contributed by atoms with E-state index in [-0.39, 0.29) is 6.54 Å². The van der Waals surface area contributed by atoms with Crippen LogP contribution in [0, 0.1) is 12.9 Å². The van der Waals surface area contributed by atoms with E-state index in [1.807, 2.05) is 0 Å². The molecule has 3 aromatic rings. The van der Waals surface area contributed by atoms with E-state index in [4.69, 9.17) is 5.11 Å². The first-order valence-corrected chi connectivity index (χ1v) is 8.95. The third kappa shape index (κ3) is 4.40. The van der Waals surface area contributed by atoms with Crippen molar-refractivity contribution in [3.63, 3.8) is 0 Å². The fourth-order valence-electron chi connectivity index (χ4n) is 3.05. The van der Waals surface area contributed by atoms with E-state index in [9.17, 15) is 14.0 Å². The fourth-order valence-corrected chi connectivity index (χ4v) is 3.05. The van der Waals surface area contributed by atoms with Gasteiger partial charge in [-0.05, 0) is 48.1 Å². The third-order valence-electron chi connectivity index (χ3n) is 4.43. The Labute approximate surface area is 166 Å². The number of hydrogen-bond acceptors (Lipinski definition) is 4. The lowest BCUT2D eigenvalue weighted by Crippen LogP contribution is -2.28. The van der Waals surface area contributed by atoms with Crippen molar-refractivity contribution in [2.75, 3.05) is 11.9 Å². The van der Waals surface area contributed by atoms with Crippen LogP contribution < -0.4 is 16.0 Å². The Bertz CT molecular complexity index is 1090. The lowest BCUT2D eigenvalue weighted by Gasteiger charge is -2.14. The average molecular weight is 397 g/mol. The molecule has 0 aliphatic carbocycles. The van der Waals surface area contributed by atoms with E-state index >= 15 is 0 Å². The maximum absolute atomic E-state index is 14.0. The summed E-state index contributed by atoms with van der Waals surface area (Å²) in [5.74, 6) is -0.248. The maximum Gasteiger partial charge on any atom is 0.404 e. The largest absolute Gasteiger partial charge is 0.465 e. The molecular weight excluding hydrogens is 377 g/mol. The highest BCUT2D eigenvalue weighted by Crippen LogP contribution is 2.34. The van der Waals surface area contributed by atoms with Crippen LogP contribution in [0.15, 0.2) is 36.7 Å². The summed E-state index contributed by atoms with van der Waals surface area (Å²) in [6, 6.07) is 6.56. The van der Waals surface area contributed by atoms with Crippen LogP contribution in [0.5, 0.6) is 0 Å². The summed E-state index contributed by atoms with van der Waals surface area (Å²) in [6.07, 6.45) is 1.81. The quantitative estimate of drug-likeness (QED) is 0.491. The van der Waals surface area contributed by atoms with Crippen LogP contribution in [0.3, 0.4) is 0 Å². The SMILES string of the molecule is CCNC(=O)Nc1cc2c(-c3ccnc(F)c3C)ccc(CNC(=O)O)c2cn1. The molecule has 3 rings (SSSR count). The summed E-state index contributed by atoms with van der Waals surface area (Å²) >= 11 is 0. The normalized spacial score (nSPS) is 10.6. The minimum atomic E-state index is -1.14. The molecule has 0 spiro atoms. The first kappa shape index (κ1) is 20.0. The van der Waals surface area contributed by atoms with Gasteiger partial charge in [0.05, 0.1) is 0 Å². The predicted molar refractivity (Wildman–Crippen MR) is 107 cm³/mol. The van der Waals surface area contributed by atoms with Crippen molar-refractivity contribution in [1.29, 1.82) is 0 Å². The summed E-state index contributed by atoms with van der Waals surface area (Å²) in [5, 5.41) is 17.9. The van der Waals surface area contributed by atoms with Gasteiger partial charge in [-0.1, -0.05) is 12.1 Å². The number of anilines is 1. The van der Waals surface area contributed by atoms with Crippen LogP contribution in [0.4, 0.5) is 19.8 Å². The molecule has 0 aliphatic heterocycles. The van der Waals surface area contributed by atoms with Gasteiger partial charge in [-0.25, -0.2) is 19.6 Å². The molecule has 29 heavy (non-hydrogen) atoms. The van der Waals surface area contributed by atoms with Gasteiger partial charge < -0.3 is 15.7 Å². The zero-order valence-corrected chi connectivity index (χ0v) is 15.9. The number of carboxylic acid groups (broad SMARTS) is 1. The predicted octanol–water partition coefficient (Wildman–Crippen LogP) is 3.65.